The minimum atomic E-state index is 0.792. The Morgan fingerprint density at radius 3 is 2.86 bits per heavy atom. The Hall–Kier alpha value is -1.90. The number of aryl methyl sites for hydroxylation is 1. The summed E-state index contributed by atoms with van der Waals surface area (Å²) in [5.74, 6) is 0. The van der Waals surface area contributed by atoms with Crippen molar-refractivity contribution in [2.45, 2.75) is 6.92 Å². The zero-order valence-corrected chi connectivity index (χ0v) is 7.69. The first-order chi connectivity index (χ1) is 6.84. The van der Waals surface area contributed by atoms with Crippen LogP contribution in [0.2, 0.25) is 0 Å². The molecule has 3 aromatic heterocycles. The molecule has 0 unspecified atom stereocenters. The van der Waals surface area contributed by atoms with Crippen molar-refractivity contribution >= 4 is 22.2 Å². The van der Waals surface area contributed by atoms with Gasteiger partial charge in [-0.1, -0.05) is 0 Å². The molecule has 0 saturated heterocycles. The van der Waals surface area contributed by atoms with Gasteiger partial charge in [0.05, 0.1) is 0 Å². The Bertz CT molecular complexity index is 613. The lowest BCUT2D eigenvalue weighted by Gasteiger charge is -1.89. The fraction of sp³-hybridized carbons (Fsp3) is 0.0909. The zero-order chi connectivity index (χ0) is 9.54. The van der Waals surface area contributed by atoms with Crippen molar-refractivity contribution in [3.05, 3.63) is 36.2 Å². The SMILES string of the molecule is Cc1ccc2oc3cccnc3c2n1. The van der Waals surface area contributed by atoms with Gasteiger partial charge in [0.15, 0.2) is 11.2 Å². The molecule has 68 valence electrons. The molecule has 14 heavy (non-hydrogen) atoms. The molecule has 3 aromatic rings. The number of pyridine rings is 2. The van der Waals surface area contributed by atoms with Crippen LogP contribution in [-0.2, 0) is 0 Å². The topological polar surface area (TPSA) is 38.9 Å². The number of rotatable bonds is 0. The summed E-state index contributed by atoms with van der Waals surface area (Å²) in [4.78, 5) is 8.66. The van der Waals surface area contributed by atoms with Gasteiger partial charge in [0.2, 0.25) is 0 Å². The predicted octanol–water partition coefficient (Wildman–Crippen LogP) is 2.68. The fourth-order valence-corrected chi connectivity index (χ4v) is 1.57. The molecule has 0 N–H and O–H groups in total. The summed E-state index contributed by atoms with van der Waals surface area (Å²) in [7, 11) is 0. The highest BCUT2D eigenvalue weighted by atomic mass is 16.3. The van der Waals surface area contributed by atoms with E-state index in [1.165, 1.54) is 0 Å². The summed E-state index contributed by atoms with van der Waals surface area (Å²) >= 11 is 0. The second-order valence-corrected chi connectivity index (χ2v) is 3.25. The Morgan fingerprint density at radius 1 is 1.07 bits per heavy atom. The molecule has 0 aliphatic heterocycles. The standard InChI is InChI=1S/C11H8N2O/c1-7-4-5-9-11(13-7)10-8(14-9)3-2-6-12-10/h2-6H,1H3. The molecule has 0 saturated carbocycles. The Kier molecular flexibility index (Phi) is 1.36. The molecule has 0 aromatic carbocycles. The van der Waals surface area contributed by atoms with Crippen LogP contribution in [0.15, 0.2) is 34.9 Å². The van der Waals surface area contributed by atoms with Gasteiger partial charge in [-0.2, -0.15) is 0 Å². The number of nitrogens with zero attached hydrogens (tertiary/aromatic N) is 2. The molecule has 0 spiro atoms. The van der Waals surface area contributed by atoms with Gasteiger partial charge < -0.3 is 4.42 Å². The number of fused-ring (bicyclic) bond motifs is 3. The predicted molar refractivity (Wildman–Crippen MR) is 54.0 cm³/mol. The maximum absolute atomic E-state index is 5.58. The molecule has 3 heteroatoms. The van der Waals surface area contributed by atoms with Gasteiger partial charge in [-0.3, -0.25) is 4.98 Å². The van der Waals surface area contributed by atoms with Crippen LogP contribution >= 0.6 is 0 Å². The van der Waals surface area contributed by atoms with Crippen LogP contribution < -0.4 is 0 Å². The third-order valence-corrected chi connectivity index (χ3v) is 2.21. The zero-order valence-electron chi connectivity index (χ0n) is 7.69. The average molecular weight is 184 g/mol. The van der Waals surface area contributed by atoms with Crippen molar-refractivity contribution in [1.82, 2.24) is 9.97 Å². The Morgan fingerprint density at radius 2 is 1.93 bits per heavy atom. The summed E-state index contributed by atoms with van der Waals surface area (Å²) in [6, 6.07) is 7.63. The van der Waals surface area contributed by atoms with E-state index in [9.17, 15) is 0 Å². The molecule has 0 fully saturated rings. The first-order valence-electron chi connectivity index (χ1n) is 4.45. The van der Waals surface area contributed by atoms with Gasteiger partial charge in [-0.25, -0.2) is 4.98 Å². The van der Waals surface area contributed by atoms with Crippen LogP contribution in [0.5, 0.6) is 0 Å². The fourth-order valence-electron chi connectivity index (χ4n) is 1.57. The number of hydrogen-bond acceptors (Lipinski definition) is 3. The minimum Gasteiger partial charge on any atom is -0.453 e. The molecule has 3 nitrogen and oxygen atoms in total. The lowest BCUT2D eigenvalue weighted by atomic mass is 10.3. The Labute approximate surface area is 80.4 Å². The molecular weight excluding hydrogens is 176 g/mol. The molecule has 3 heterocycles. The lowest BCUT2D eigenvalue weighted by Crippen LogP contribution is -1.80. The number of aromatic nitrogens is 2. The van der Waals surface area contributed by atoms with E-state index < -0.39 is 0 Å². The van der Waals surface area contributed by atoms with Gasteiger partial charge >= 0.3 is 0 Å². The maximum Gasteiger partial charge on any atom is 0.155 e. The summed E-state index contributed by atoms with van der Waals surface area (Å²) in [5.41, 5.74) is 4.25. The molecule has 3 rings (SSSR count). The minimum absolute atomic E-state index is 0.792. The third kappa shape index (κ3) is 0.923. The molecule has 0 atom stereocenters. The van der Waals surface area contributed by atoms with E-state index >= 15 is 0 Å². The molecule has 0 aliphatic rings. The summed E-state index contributed by atoms with van der Waals surface area (Å²) in [6.45, 7) is 1.96. The highest BCUT2D eigenvalue weighted by Crippen LogP contribution is 2.24. The quantitative estimate of drug-likeness (QED) is 0.539. The van der Waals surface area contributed by atoms with Crippen LogP contribution in [0.4, 0.5) is 0 Å². The van der Waals surface area contributed by atoms with Crippen molar-refractivity contribution < 1.29 is 4.42 Å². The molecule has 0 bridgehead atoms. The van der Waals surface area contributed by atoms with Crippen LogP contribution in [0, 0.1) is 6.92 Å². The van der Waals surface area contributed by atoms with Crippen LogP contribution in [0.25, 0.3) is 22.2 Å². The van der Waals surface area contributed by atoms with Crippen LogP contribution in [0.3, 0.4) is 0 Å². The van der Waals surface area contributed by atoms with Crippen molar-refractivity contribution in [1.29, 1.82) is 0 Å². The summed E-state index contributed by atoms with van der Waals surface area (Å²) < 4.78 is 5.58. The van der Waals surface area contributed by atoms with Crippen LogP contribution in [-0.4, -0.2) is 9.97 Å². The van der Waals surface area contributed by atoms with E-state index in [1.54, 1.807) is 6.20 Å². The van der Waals surface area contributed by atoms with Gasteiger partial charge in [-0.05, 0) is 31.2 Å². The average Bonchev–Trinajstić information content (AvgIpc) is 2.56. The van der Waals surface area contributed by atoms with Gasteiger partial charge in [0.1, 0.15) is 11.0 Å². The van der Waals surface area contributed by atoms with Crippen LogP contribution in [0.1, 0.15) is 5.69 Å². The van der Waals surface area contributed by atoms with E-state index in [0.717, 1.165) is 27.9 Å². The normalized spacial score (nSPS) is 11.2. The van der Waals surface area contributed by atoms with Crippen molar-refractivity contribution in [3.63, 3.8) is 0 Å². The van der Waals surface area contributed by atoms with Crippen molar-refractivity contribution in [3.8, 4) is 0 Å². The number of furan rings is 1. The van der Waals surface area contributed by atoms with E-state index in [0.29, 0.717) is 0 Å². The molecule has 0 radical (unpaired) electrons. The smallest absolute Gasteiger partial charge is 0.155 e. The molecular formula is C11H8N2O. The van der Waals surface area contributed by atoms with E-state index in [4.69, 9.17) is 4.42 Å². The van der Waals surface area contributed by atoms with E-state index in [2.05, 4.69) is 9.97 Å². The van der Waals surface area contributed by atoms with Crippen molar-refractivity contribution in [2.75, 3.05) is 0 Å². The highest BCUT2D eigenvalue weighted by Gasteiger charge is 2.07. The van der Waals surface area contributed by atoms with E-state index in [1.807, 2.05) is 31.2 Å². The van der Waals surface area contributed by atoms with E-state index in [-0.39, 0.29) is 0 Å². The van der Waals surface area contributed by atoms with Crippen molar-refractivity contribution in [2.24, 2.45) is 0 Å². The first kappa shape index (κ1) is 7.50. The monoisotopic (exact) mass is 184 g/mol. The maximum atomic E-state index is 5.58. The van der Waals surface area contributed by atoms with Gasteiger partial charge in [-0.15, -0.1) is 0 Å². The number of hydrogen-bond donors (Lipinski definition) is 0. The first-order valence-corrected chi connectivity index (χ1v) is 4.45. The second kappa shape index (κ2) is 2.54. The Balaban J connectivity index is 2.58. The second-order valence-electron chi connectivity index (χ2n) is 3.25. The van der Waals surface area contributed by atoms with Gasteiger partial charge in [0.25, 0.3) is 0 Å². The summed E-state index contributed by atoms with van der Waals surface area (Å²) in [5, 5.41) is 0. The highest BCUT2D eigenvalue weighted by molar-refractivity contribution is 5.99. The largest absolute Gasteiger partial charge is 0.453 e. The molecule has 0 amide bonds. The van der Waals surface area contributed by atoms with Gasteiger partial charge in [0, 0.05) is 11.9 Å². The third-order valence-electron chi connectivity index (χ3n) is 2.21. The summed E-state index contributed by atoms with van der Waals surface area (Å²) in [6.07, 6.45) is 1.75. The molecule has 0 aliphatic carbocycles. The lowest BCUT2D eigenvalue weighted by molar-refractivity contribution is 0.667.